The van der Waals surface area contributed by atoms with Crippen LogP contribution in [0.2, 0.25) is 0 Å². The molecule has 5 heteroatoms. The number of hydrogen-bond acceptors (Lipinski definition) is 4. The minimum atomic E-state index is -0.0977. The van der Waals surface area contributed by atoms with Gasteiger partial charge in [-0.15, -0.1) is 0 Å². The van der Waals surface area contributed by atoms with Gasteiger partial charge in [-0.05, 0) is 18.3 Å². The molecule has 4 nitrogen and oxygen atoms in total. The molecule has 1 aliphatic rings. The minimum absolute atomic E-state index is 0.0977. The molecule has 3 unspecified atom stereocenters. The number of carbonyl (C=O) groups excluding carboxylic acids is 1. The SMILES string of the molecule is CCC(C)[C@H](NCC1CC(S)CN1)C(=O)NCC(C)C. The van der Waals surface area contributed by atoms with E-state index >= 15 is 0 Å². The van der Waals surface area contributed by atoms with Crippen LogP contribution in [0.3, 0.4) is 0 Å². The molecule has 118 valence electrons. The molecule has 0 spiro atoms. The molecular formula is C15H31N3OS. The summed E-state index contributed by atoms with van der Waals surface area (Å²) in [5.41, 5.74) is 0. The van der Waals surface area contributed by atoms with E-state index in [4.69, 9.17) is 0 Å². The molecule has 20 heavy (non-hydrogen) atoms. The van der Waals surface area contributed by atoms with Crippen LogP contribution in [-0.2, 0) is 4.79 Å². The Balaban J connectivity index is 2.44. The molecular weight excluding hydrogens is 270 g/mol. The standard InChI is InChI=1S/C15H31N3OS/c1-5-11(4)14(15(19)18-7-10(2)3)17-8-12-6-13(20)9-16-12/h10-14,16-17,20H,5-9H2,1-4H3,(H,18,19)/t11?,12?,13?,14-/m0/s1. The van der Waals surface area contributed by atoms with Crippen molar-refractivity contribution in [2.75, 3.05) is 19.6 Å². The molecule has 4 atom stereocenters. The lowest BCUT2D eigenvalue weighted by Crippen LogP contribution is -2.51. The zero-order valence-corrected chi connectivity index (χ0v) is 14.2. The highest BCUT2D eigenvalue weighted by atomic mass is 32.1. The molecule has 0 aromatic rings. The van der Waals surface area contributed by atoms with Gasteiger partial charge in [0.25, 0.3) is 0 Å². The maximum Gasteiger partial charge on any atom is 0.237 e. The summed E-state index contributed by atoms with van der Waals surface area (Å²) in [5.74, 6) is 0.960. The zero-order chi connectivity index (χ0) is 15.1. The molecule has 0 aromatic heterocycles. The molecule has 1 amide bonds. The van der Waals surface area contributed by atoms with E-state index in [0.717, 1.165) is 32.5 Å². The minimum Gasteiger partial charge on any atom is -0.354 e. The van der Waals surface area contributed by atoms with E-state index in [1.807, 2.05) is 0 Å². The summed E-state index contributed by atoms with van der Waals surface area (Å²) in [5, 5.41) is 10.4. The van der Waals surface area contributed by atoms with Crippen molar-refractivity contribution in [2.45, 2.75) is 57.9 Å². The van der Waals surface area contributed by atoms with Gasteiger partial charge in [-0.1, -0.05) is 34.1 Å². The van der Waals surface area contributed by atoms with Crippen molar-refractivity contribution in [3.63, 3.8) is 0 Å². The summed E-state index contributed by atoms with van der Waals surface area (Å²) in [4.78, 5) is 12.3. The maximum absolute atomic E-state index is 12.3. The van der Waals surface area contributed by atoms with Crippen LogP contribution in [0.15, 0.2) is 0 Å². The Labute approximate surface area is 129 Å². The third-order valence-corrected chi connectivity index (χ3v) is 4.36. The molecule has 1 heterocycles. The second-order valence-corrected chi connectivity index (χ2v) is 7.14. The Morgan fingerprint density at radius 1 is 1.40 bits per heavy atom. The Kier molecular flexibility index (Phi) is 7.92. The molecule has 1 fully saturated rings. The lowest BCUT2D eigenvalue weighted by molar-refractivity contribution is -0.124. The van der Waals surface area contributed by atoms with E-state index in [0.29, 0.717) is 23.1 Å². The molecule has 0 aliphatic carbocycles. The highest BCUT2D eigenvalue weighted by molar-refractivity contribution is 7.81. The van der Waals surface area contributed by atoms with Gasteiger partial charge in [0.1, 0.15) is 0 Å². The normalized spacial score (nSPS) is 25.7. The van der Waals surface area contributed by atoms with E-state index in [-0.39, 0.29) is 11.9 Å². The zero-order valence-electron chi connectivity index (χ0n) is 13.3. The average Bonchev–Trinajstić information content (AvgIpc) is 2.81. The Morgan fingerprint density at radius 3 is 2.60 bits per heavy atom. The van der Waals surface area contributed by atoms with Crippen LogP contribution in [0.1, 0.15) is 40.5 Å². The van der Waals surface area contributed by atoms with Crippen LogP contribution in [0.25, 0.3) is 0 Å². The monoisotopic (exact) mass is 301 g/mol. The Morgan fingerprint density at radius 2 is 2.10 bits per heavy atom. The van der Waals surface area contributed by atoms with Crippen molar-refractivity contribution in [3.05, 3.63) is 0 Å². The third kappa shape index (κ3) is 6.02. The van der Waals surface area contributed by atoms with Crippen LogP contribution < -0.4 is 16.0 Å². The van der Waals surface area contributed by atoms with Crippen LogP contribution in [-0.4, -0.2) is 42.9 Å². The fourth-order valence-electron chi connectivity index (χ4n) is 2.43. The fraction of sp³-hybridized carbons (Fsp3) is 0.933. The van der Waals surface area contributed by atoms with E-state index in [1.54, 1.807) is 0 Å². The predicted octanol–water partition coefficient (Wildman–Crippen LogP) is 1.42. The number of nitrogens with one attached hydrogen (secondary N) is 3. The third-order valence-electron chi connectivity index (χ3n) is 3.96. The first kappa shape index (κ1) is 17.8. The number of carbonyl (C=O) groups is 1. The second-order valence-electron chi connectivity index (χ2n) is 6.41. The molecule has 1 saturated heterocycles. The van der Waals surface area contributed by atoms with Crippen molar-refractivity contribution >= 4 is 18.5 Å². The molecule has 0 bridgehead atoms. The Bertz CT molecular complexity index is 299. The van der Waals surface area contributed by atoms with Crippen molar-refractivity contribution < 1.29 is 4.79 Å². The molecule has 0 radical (unpaired) electrons. The van der Waals surface area contributed by atoms with Crippen LogP contribution >= 0.6 is 12.6 Å². The van der Waals surface area contributed by atoms with E-state index in [9.17, 15) is 4.79 Å². The van der Waals surface area contributed by atoms with Gasteiger partial charge in [-0.3, -0.25) is 4.79 Å². The number of rotatable bonds is 8. The van der Waals surface area contributed by atoms with Crippen molar-refractivity contribution in [1.82, 2.24) is 16.0 Å². The van der Waals surface area contributed by atoms with Gasteiger partial charge in [-0.2, -0.15) is 12.6 Å². The van der Waals surface area contributed by atoms with E-state index in [1.165, 1.54) is 0 Å². The molecule has 0 aromatic carbocycles. The molecule has 0 saturated carbocycles. The number of amides is 1. The second kappa shape index (κ2) is 8.90. The van der Waals surface area contributed by atoms with Gasteiger partial charge in [0.15, 0.2) is 0 Å². The lowest BCUT2D eigenvalue weighted by atomic mass is 9.97. The summed E-state index contributed by atoms with van der Waals surface area (Å²) in [6.07, 6.45) is 2.07. The first-order chi connectivity index (χ1) is 9.43. The predicted molar refractivity (Wildman–Crippen MR) is 88.3 cm³/mol. The summed E-state index contributed by atoms with van der Waals surface area (Å²) in [6, 6.07) is 0.335. The molecule has 1 rings (SSSR count). The Hall–Kier alpha value is -0.260. The van der Waals surface area contributed by atoms with Gasteiger partial charge in [0.05, 0.1) is 6.04 Å². The van der Waals surface area contributed by atoms with Gasteiger partial charge in [-0.25, -0.2) is 0 Å². The highest BCUT2D eigenvalue weighted by Crippen LogP contribution is 2.13. The number of thiol groups is 1. The highest BCUT2D eigenvalue weighted by Gasteiger charge is 2.26. The first-order valence-corrected chi connectivity index (χ1v) is 8.38. The van der Waals surface area contributed by atoms with Crippen molar-refractivity contribution in [3.8, 4) is 0 Å². The maximum atomic E-state index is 12.3. The van der Waals surface area contributed by atoms with Crippen molar-refractivity contribution in [2.24, 2.45) is 11.8 Å². The van der Waals surface area contributed by atoms with Crippen LogP contribution in [0, 0.1) is 11.8 Å². The number of hydrogen-bond donors (Lipinski definition) is 4. The van der Waals surface area contributed by atoms with Gasteiger partial charge >= 0.3 is 0 Å². The quantitative estimate of drug-likeness (QED) is 0.513. The van der Waals surface area contributed by atoms with Gasteiger partial charge < -0.3 is 16.0 Å². The largest absolute Gasteiger partial charge is 0.354 e. The van der Waals surface area contributed by atoms with Crippen molar-refractivity contribution in [1.29, 1.82) is 0 Å². The molecule has 3 N–H and O–H groups in total. The van der Waals surface area contributed by atoms with Gasteiger partial charge in [0.2, 0.25) is 5.91 Å². The van der Waals surface area contributed by atoms with Crippen LogP contribution in [0.4, 0.5) is 0 Å². The average molecular weight is 302 g/mol. The summed E-state index contributed by atoms with van der Waals surface area (Å²) < 4.78 is 0. The van der Waals surface area contributed by atoms with E-state index < -0.39 is 0 Å². The smallest absolute Gasteiger partial charge is 0.237 e. The molecule has 1 aliphatic heterocycles. The lowest BCUT2D eigenvalue weighted by Gasteiger charge is -2.25. The summed E-state index contributed by atoms with van der Waals surface area (Å²) in [7, 11) is 0. The van der Waals surface area contributed by atoms with Crippen LogP contribution in [0.5, 0.6) is 0 Å². The summed E-state index contributed by atoms with van der Waals surface area (Å²) >= 11 is 4.48. The van der Waals surface area contributed by atoms with E-state index in [2.05, 4.69) is 56.3 Å². The topological polar surface area (TPSA) is 53.2 Å². The van der Waals surface area contributed by atoms with Gasteiger partial charge in [0, 0.05) is 30.9 Å². The first-order valence-electron chi connectivity index (χ1n) is 7.86. The fourth-order valence-corrected chi connectivity index (χ4v) is 2.79. The summed E-state index contributed by atoms with van der Waals surface area (Å²) in [6.45, 7) is 11.0.